The number of hydrogen-bond donors (Lipinski definition) is 1. The Morgan fingerprint density at radius 1 is 1.29 bits per heavy atom. The van der Waals surface area contributed by atoms with E-state index < -0.39 is 9.84 Å². The lowest BCUT2D eigenvalue weighted by molar-refractivity contribution is 0.594. The van der Waals surface area contributed by atoms with Crippen LogP contribution in [0.4, 0.5) is 0 Å². The fourth-order valence-electron chi connectivity index (χ4n) is 1.38. The molecular weight excluding hydrogens is 256 g/mol. The smallest absolute Gasteiger partial charge is 0.233 e. The van der Waals surface area contributed by atoms with E-state index in [-0.39, 0.29) is 5.03 Å². The van der Waals surface area contributed by atoms with Crippen molar-refractivity contribution >= 4 is 21.2 Å². The first-order valence-corrected chi connectivity index (χ1v) is 7.34. The SMILES string of the molecule is CNCc1ccc(S(=O)(=O)c2ccccn2)s1. The maximum atomic E-state index is 12.2. The Bertz CT molecular complexity index is 591. The summed E-state index contributed by atoms with van der Waals surface area (Å²) in [5, 5.41) is 3.08. The van der Waals surface area contributed by atoms with Gasteiger partial charge in [0, 0.05) is 17.6 Å². The molecule has 0 aromatic carbocycles. The van der Waals surface area contributed by atoms with Gasteiger partial charge < -0.3 is 5.32 Å². The second-order valence-corrected chi connectivity index (χ2v) is 6.71. The average molecular weight is 268 g/mol. The zero-order chi connectivity index (χ0) is 12.3. The van der Waals surface area contributed by atoms with Crippen molar-refractivity contribution in [1.29, 1.82) is 0 Å². The molecule has 0 bridgehead atoms. The summed E-state index contributed by atoms with van der Waals surface area (Å²) >= 11 is 1.27. The highest BCUT2D eigenvalue weighted by molar-refractivity contribution is 7.93. The van der Waals surface area contributed by atoms with Gasteiger partial charge in [-0.2, -0.15) is 0 Å². The largest absolute Gasteiger partial charge is 0.315 e. The molecule has 0 amide bonds. The molecular formula is C11H12N2O2S2. The molecule has 6 heteroatoms. The molecule has 0 aliphatic heterocycles. The number of pyridine rings is 1. The quantitative estimate of drug-likeness (QED) is 0.917. The van der Waals surface area contributed by atoms with Crippen LogP contribution in [-0.2, 0) is 16.4 Å². The van der Waals surface area contributed by atoms with Gasteiger partial charge in [-0.25, -0.2) is 13.4 Å². The molecule has 2 aromatic rings. The maximum Gasteiger partial charge on any atom is 0.233 e. The summed E-state index contributed by atoms with van der Waals surface area (Å²) in [6.07, 6.45) is 1.48. The van der Waals surface area contributed by atoms with Crippen molar-refractivity contribution in [3.05, 3.63) is 41.4 Å². The Kier molecular flexibility index (Phi) is 3.56. The van der Waals surface area contributed by atoms with Crippen LogP contribution >= 0.6 is 11.3 Å². The number of nitrogens with one attached hydrogen (secondary N) is 1. The second kappa shape index (κ2) is 4.95. The summed E-state index contributed by atoms with van der Waals surface area (Å²) < 4.78 is 24.7. The third kappa shape index (κ3) is 2.54. The van der Waals surface area contributed by atoms with Crippen LogP contribution < -0.4 is 5.32 Å². The summed E-state index contributed by atoms with van der Waals surface area (Å²) in [7, 11) is -1.63. The van der Waals surface area contributed by atoms with Crippen LogP contribution in [0.3, 0.4) is 0 Å². The topological polar surface area (TPSA) is 59.1 Å². The maximum absolute atomic E-state index is 12.2. The highest BCUT2D eigenvalue weighted by atomic mass is 32.2. The van der Waals surface area contributed by atoms with E-state index >= 15 is 0 Å². The summed E-state index contributed by atoms with van der Waals surface area (Å²) in [6.45, 7) is 0.669. The van der Waals surface area contributed by atoms with E-state index in [1.807, 2.05) is 13.1 Å². The predicted octanol–water partition coefficient (Wildman–Crippen LogP) is 1.70. The Labute approximate surface area is 104 Å². The summed E-state index contributed by atoms with van der Waals surface area (Å²) in [5.74, 6) is 0. The molecule has 4 nitrogen and oxygen atoms in total. The molecule has 1 N–H and O–H groups in total. The zero-order valence-electron chi connectivity index (χ0n) is 9.25. The third-order valence-corrected chi connectivity index (χ3v) is 5.41. The molecule has 0 spiro atoms. The zero-order valence-corrected chi connectivity index (χ0v) is 10.9. The Hall–Kier alpha value is -1.24. The Morgan fingerprint density at radius 3 is 2.76 bits per heavy atom. The summed E-state index contributed by atoms with van der Waals surface area (Å²) in [4.78, 5) is 4.87. The van der Waals surface area contributed by atoms with Gasteiger partial charge in [0.15, 0.2) is 5.03 Å². The standard InChI is InChI=1S/C11H12N2O2S2/c1-12-8-9-5-6-11(16-9)17(14,15)10-4-2-3-7-13-10/h2-7,12H,8H2,1H3. The molecule has 0 atom stereocenters. The van der Waals surface area contributed by atoms with E-state index in [4.69, 9.17) is 0 Å². The first-order valence-electron chi connectivity index (χ1n) is 5.04. The van der Waals surface area contributed by atoms with Crippen molar-refractivity contribution in [3.8, 4) is 0 Å². The molecule has 0 saturated heterocycles. The number of sulfone groups is 1. The minimum atomic E-state index is -3.46. The van der Waals surface area contributed by atoms with Crippen LogP contribution in [0.1, 0.15) is 4.88 Å². The van der Waals surface area contributed by atoms with Crippen molar-refractivity contribution in [2.75, 3.05) is 7.05 Å². The minimum absolute atomic E-state index is 0.0952. The second-order valence-electron chi connectivity index (χ2n) is 3.42. The molecule has 2 rings (SSSR count). The lowest BCUT2D eigenvalue weighted by Gasteiger charge is -1.99. The van der Waals surface area contributed by atoms with E-state index in [1.54, 1.807) is 18.2 Å². The van der Waals surface area contributed by atoms with Gasteiger partial charge >= 0.3 is 0 Å². The van der Waals surface area contributed by atoms with Crippen molar-refractivity contribution in [2.45, 2.75) is 15.8 Å². The van der Waals surface area contributed by atoms with Crippen LogP contribution in [0.2, 0.25) is 0 Å². The van der Waals surface area contributed by atoms with Crippen molar-refractivity contribution in [3.63, 3.8) is 0 Å². The van der Waals surface area contributed by atoms with Crippen LogP contribution in [-0.4, -0.2) is 20.4 Å². The van der Waals surface area contributed by atoms with E-state index in [0.29, 0.717) is 10.8 Å². The first kappa shape index (κ1) is 12.2. The minimum Gasteiger partial charge on any atom is -0.315 e. The van der Waals surface area contributed by atoms with Gasteiger partial charge in [0.05, 0.1) is 0 Å². The molecule has 2 aromatic heterocycles. The van der Waals surface area contributed by atoms with E-state index in [1.165, 1.54) is 23.6 Å². The van der Waals surface area contributed by atoms with Crippen LogP contribution in [0.5, 0.6) is 0 Å². The van der Waals surface area contributed by atoms with E-state index in [2.05, 4.69) is 10.3 Å². The molecule has 0 radical (unpaired) electrons. The van der Waals surface area contributed by atoms with Gasteiger partial charge in [0.2, 0.25) is 9.84 Å². The number of aromatic nitrogens is 1. The molecule has 90 valence electrons. The average Bonchev–Trinajstić information content (AvgIpc) is 2.80. The van der Waals surface area contributed by atoms with Crippen molar-refractivity contribution < 1.29 is 8.42 Å². The Balaban J connectivity index is 2.38. The van der Waals surface area contributed by atoms with Gasteiger partial charge in [0.1, 0.15) is 4.21 Å². The van der Waals surface area contributed by atoms with Gasteiger partial charge in [-0.15, -0.1) is 11.3 Å². The molecule has 0 aliphatic rings. The Morgan fingerprint density at radius 2 is 2.12 bits per heavy atom. The molecule has 17 heavy (non-hydrogen) atoms. The van der Waals surface area contributed by atoms with E-state index in [0.717, 1.165) is 4.88 Å². The number of hydrogen-bond acceptors (Lipinski definition) is 5. The number of nitrogens with zero attached hydrogens (tertiary/aromatic N) is 1. The van der Waals surface area contributed by atoms with Gasteiger partial charge in [0.25, 0.3) is 0 Å². The molecule has 0 fully saturated rings. The van der Waals surface area contributed by atoms with E-state index in [9.17, 15) is 8.42 Å². The highest BCUT2D eigenvalue weighted by Crippen LogP contribution is 2.26. The van der Waals surface area contributed by atoms with Crippen LogP contribution in [0.25, 0.3) is 0 Å². The monoisotopic (exact) mass is 268 g/mol. The number of rotatable bonds is 4. The molecule has 0 aliphatic carbocycles. The lowest BCUT2D eigenvalue weighted by atomic mass is 10.5. The molecule has 2 heterocycles. The van der Waals surface area contributed by atoms with Crippen molar-refractivity contribution in [1.82, 2.24) is 10.3 Å². The van der Waals surface area contributed by atoms with Crippen LogP contribution in [0.15, 0.2) is 45.8 Å². The normalized spacial score (nSPS) is 11.6. The summed E-state index contributed by atoms with van der Waals surface area (Å²) in [6, 6.07) is 8.31. The molecule has 0 unspecified atom stereocenters. The highest BCUT2D eigenvalue weighted by Gasteiger charge is 2.20. The van der Waals surface area contributed by atoms with Gasteiger partial charge in [-0.05, 0) is 31.3 Å². The van der Waals surface area contributed by atoms with Gasteiger partial charge in [-0.1, -0.05) is 6.07 Å². The predicted molar refractivity (Wildman–Crippen MR) is 66.8 cm³/mol. The van der Waals surface area contributed by atoms with Crippen LogP contribution in [0, 0.1) is 0 Å². The lowest BCUT2D eigenvalue weighted by Crippen LogP contribution is -2.03. The first-order chi connectivity index (χ1) is 8.14. The van der Waals surface area contributed by atoms with Crippen molar-refractivity contribution in [2.24, 2.45) is 0 Å². The fraction of sp³-hybridized carbons (Fsp3) is 0.182. The summed E-state index contributed by atoms with van der Waals surface area (Å²) in [5.41, 5.74) is 0. The number of thiophene rings is 1. The molecule has 0 saturated carbocycles. The third-order valence-electron chi connectivity index (χ3n) is 2.17. The fourth-order valence-corrected chi connectivity index (χ4v) is 4.05. The van der Waals surface area contributed by atoms with Gasteiger partial charge in [-0.3, -0.25) is 0 Å².